The third kappa shape index (κ3) is 4.15. The highest BCUT2D eigenvalue weighted by Gasteiger charge is 2.24. The summed E-state index contributed by atoms with van der Waals surface area (Å²) in [5.41, 5.74) is 11.6. The second kappa shape index (κ2) is 9.23. The van der Waals surface area contributed by atoms with Gasteiger partial charge in [-0.25, -0.2) is 9.97 Å². The molecule has 7 nitrogen and oxygen atoms in total. The molecule has 0 saturated heterocycles. The summed E-state index contributed by atoms with van der Waals surface area (Å²) in [6.07, 6.45) is 0.728. The highest BCUT2D eigenvalue weighted by atomic mass is 16.5. The molecule has 0 aliphatic rings. The predicted octanol–water partition coefficient (Wildman–Crippen LogP) is 4.20. The SMILES string of the molecule is COc1ccc(Cn2c(N)c(C(=O)NCCc3ccccc3)c3nc4ccccc4nc32)cc1. The molecule has 5 aromatic rings. The molecule has 3 aromatic carbocycles. The molecule has 34 heavy (non-hydrogen) atoms. The van der Waals surface area contributed by atoms with Crippen molar-refractivity contribution >= 4 is 33.9 Å². The van der Waals surface area contributed by atoms with Gasteiger partial charge in [-0.15, -0.1) is 0 Å². The lowest BCUT2D eigenvalue weighted by atomic mass is 10.1. The summed E-state index contributed by atoms with van der Waals surface area (Å²) in [6, 6.07) is 25.4. The smallest absolute Gasteiger partial charge is 0.257 e. The number of rotatable bonds is 7. The van der Waals surface area contributed by atoms with E-state index in [9.17, 15) is 4.79 Å². The molecule has 0 spiro atoms. The van der Waals surface area contributed by atoms with Gasteiger partial charge in [-0.3, -0.25) is 4.79 Å². The van der Waals surface area contributed by atoms with E-state index in [0.29, 0.717) is 35.6 Å². The number of methoxy groups -OCH3 is 1. The first-order valence-corrected chi connectivity index (χ1v) is 11.1. The minimum absolute atomic E-state index is 0.253. The number of carbonyl (C=O) groups is 1. The fraction of sp³-hybridized carbons (Fsp3) is 0.148. The molecule has 0 saturated carbocycles. The Balaban J connectivity index is 1.52. The zero-order valence-electron chi connectivity index (χ0n) is 18.9. The molecule has 0 aliphatic carbocycles. The fourth-order valence-corrected chi connectivity index (χ4v) is 4.07. The minimum atomic E-state index is -0.253. The van der Waals surface area contributed by atoms with Crippen LogP contribution in [-0.4, -0.2) is 34.1 Å². The molecule has 0 fully saturated rings. The summed E-state index contributed by atoms with van der Waals surface area (Å²) >= 11 is 0. The van der Waals surface area contributed by atoms with Crippen molar-refractivity contribution in [2.45, 2.75) is 13.0 Å². The standard InChI is InChI=1S/C27H25N5O2/c1-34-20-13-11-19(12-14-20)17-32-25(28)23(27(33)29-16-15-18-7-3-2-4-8-18)24-26(32)31-22-10-6-5-9-21(22)30-24/h2-14H,15-17,28H2,1H3,(H,29,33). The van der Waals surface area contributed by atoms with Crippen LogP contribution in [0.5, 0.6) is 5.75 Å². The van der Waals surface area contributed by atoms with Gasteiger partial charge in [-0.1, -0.05) is 54.6 Å². The van der Waals surface area contributed by atoms with Crippen LogP contribution in [0.3, 0.4) is 0 Å². The molecule has 0 bridgehead atoms. The number of para-hydroxylation sites is 2. The van der Waals surface area contributed by atoms with Crippen LogP contribution in [0.15, 0.2) is 78.9 Å². The van der Waals surface area contributed by atoms with Crippen LogP contribution in [0.25, 0.3) is 22.2 Å². The number of aromatic nitrogens is 3. The number of nitrogens with one attached hydrogen (secondary N) is 1. The molecular weight excluding hydrogens is 426 g/mol. The van der Waals surface area contributed by atoms with Gasteiger partial charge < -0.3 is 20.4 Å². The van der Waals surface area contributed by atoms with Gasteiger partial charge in [0, 0.05) is 6.54 Å². The van der Waals surface area contributed by atoms with Crippen molar-refractivity contribution in [1.82, 2.24) is 19.9 Å². The fourth-order valence-electron chi connectivity index (χ4n) is 4.07. The predicted molar refractivity (Wildman–Crippen MR) is 134 cm³/mol. The van der Waals surface area contributed by atoms with E-state index < -0.39 is 0 Å². The number of amides is 1. The maximum Gasteiger partial charge on any atom is 0.257 e. The Bertz CT molecular complexity index is 1460. The van der Waals surface area contributed by atoms with Crippen molar-refractivity contribution < 1.29 is 9.53 Å². The Kier molecular flexibility index (Phi) is 5.82. The van der Waals surface area contributed by atoms with E-state index in [4.69, 9.17) is 20.4 Å². The number of nitrogens with two attached hydrogens (primary N) is 1. The molecule has 5 rings (SSSR count). The Morgan fingerprint density at radius 3 is 2.29 bits per heavy atom. The van der Waals surface area contributed by atoms with E-state index >= 15 is 0 Å². The monoisotopic (exact) mass is 451 g/mol. The summed E-state index contributed by atoms with van der Waals surface area (Å²) in [4.78, 5) is 22.9. The van der Waals surface area contributed by atoms with Crippen LogP contribution in [0.1, 0.15) is 21.5 Å². The first-order chi connectivity index (χ1) is 16.6. The molecular formula is C27H25N5O2. The molecule has 1 amide bonds. The van der Waals surface area contributed by atoms with Crippen molar-refractivity contribution in [2.75, 3.05) is 19.4 Å². The maximum atomic E-state index is 13.3. The number of carbonyl (C=O) groups excluding carboxylic acids is 1. The molecule has 0 aliphatic heterocycles. The molecule has 7 heteroatoms. The van der Waals surface area contributed by atoms with E-state index in [2.05, 4.69) is 5.32 Å². The van der Waals surface area contributed by atoms with E-state index in [1.165, 1.54) is 0 Å². The van der Waals surface area contributed by atoms with Crippen molar-refractivity contribution in [3.63, 3.8) is 0 Å². The van der Waals surface area contributed by atoms with E-state index in [0.717, 1.165) is 34.3 Å². The first-order valence-electron chi connectivity index (χ1n) is 11.1. The first kappa shape index (κ1) is 21.5. The topological polar surface area (TPSA) is 95.1 Å². The van der Waals surface area contributed by atoms with Gasteiger partial charge in [0.15, 0.2) is 5.65 Å². The molecule has 0 unspecified atom stereocenters. The van der Waals surface area contributed by atoms with Gasteiger partial charge in [-0.2, -0.15) is 0 Å². The summed E-state index contributed by atoms with van der Waals surface area (Å²) in [5, 5.41) is 3.00. The minimum Gasteiger partial charge on any atom is -0.497 e. The zero-order valence-corrected chi connectivity index (χ0v) is 18.9. The Morgan fingerprint density at radius 2 is 1.59 bits per heavy atom. The highest BCUT2D eigenvalue weighted by Crippen LogP contribution is 2.29. The number of fused-ring (bicyclic) bond motifs is 2. The second-order valence-corrected chi connectivity index (χ2v) is 8.07. The van der Waals surface area contributed by atoms with E-state index in [1.807, 2.05) is 83.4 Å². The number of nitrogen functional groups attached to an aromatic ring is 1. The number of nitrogens with zero attached hydrogens (tertiary/aromatic N) is 3. The van der Waals surface area contributed by atoms with Crippen molar-refractivity contribution in [1.29, 1.82) is 0 Å². The van der Waals surface area contributed by atoms with Crippen molar-refractivity contribution in [3.8, 4) is 5.75 Å². The molecule has 2 heterocycles. The van der Waals surface area contributed by atoms with Gasteiger partial charge in [0.05, 0.1) is 24.7 Å². The number of benzene rings is 3. The van der Waals surface area contributed by atoms with Crippen LogP contribution in [-0.2, 0) is 13.0 Å². The van der Waals surface area contributed by atoms with Crippen molar-refractivity contribution in [3.05, 3.63) is 95.6 Å². The maximum absolute atomic E-state index is 13.3. The van der Waals surface area contributed by atoms with Gasteiger partial charge in [0.2, 0.25) is 0 Å². The number of anilines is 1. The number of ether oxygens (including phenoxy) is 1. The van der Waals surface area contributed by atoms with Crippen molar-refractivity contribution in [2.24, 2.45) is 0 Å². The van der Waals surface area contributed by atoms with Gasteiger partial charge in [0.1, 0.15) is 22.6 Å². The van der Waals surface area contributed by atoms with Gasteiger partial charge in [0.25, 0.3) is 5.91 Å². The molecule has 2 aromatic heterocycles. The second-order valence-electron chi connectivity index (χ2n) is 8.07. The average Bonchev–Trinajstić information content (AvgIpc) is 3.13. The summed E-state index contributed by atoms with van der Waals surface area (Å²) in [5.74, 6) is 0.869. The van der Waals surface area contributed by atoms with Crippen LogP contribution in [0, 0.1) is 0 Å². The van der Waals surface area contributed by atoms with Crippen LogP contribution < -0.4 is 15.8 Å². The summed E-state index contributed by atoms with van der Waals surface area (Å²) in [7, 11) is 1.63. The third-order valence-corrected chi connectivity index (χ3v) is 5.86. The molecule has 0 radical (unpaired) electrons. The summed E-state index contributed by atoms with van der Waals surface area (Å²) in [6.45, 7) is 0.949. The quantitative estimate of drug-likeness (QED) is 0.387. The lowest BCUT2D eigenvalue weighted by molar-refractivity contribution is 0.0956. The molecule has 170 valence electrons. The van der Waals surface area contributed by atoms with E-state index in [-0.39, 0.29) is 5.91 Å². The lowest BCUT2D eigenvalue weighted by Gasteiger charge is -2.09. The largest absolute Gasteiger partial charge is 0.497 e. The Labute approximate surface area is 197 Å². The average molecular weight is 452 g/mol. The van der Waals surface area contributed by atoms with Crippen LogP contribution in [0.4, 0.5) is 5.82 Å². The van der Waals surface area contributed by atoms with Crippen LogP contribution in [0.2, 0.25) is 0 Å². The van der Waals surface area contributed by atoms with Crippen LogP contribution >= 0.6 is 0 Å². The normalized spacial score (nSPS) is 11.1. The Hall–Kier alpha value is -4.39. The number of hydrogen-bond acceptors (Lipinski definition) is 5. The lowest BCUT2D eigenvalue weighted by Crippen LogP contribution is -2.26. The molecule has 0 atom stereocenters. The summed E-state index contributed by atoms with van der Waals surface area (Å²) < 4.78 is 7.11. The molecule has 3 N–H and O–H groups in total. The van der Waals surface area contributed by atoms with Gasteiger partial charge in [-0.05, 0) is 41.8 Å². The Morgan fingerprint density at radius 1 is 0.912 bits per heavy atom. The van der Waals surface area contributed by atoms with Gasteiger partial charge >= 0.3 is 0 Å². The highest BCUT2D eigenvalue weighted by molar-refractivity contribution is 6.10. The zero-order chi connectivity index (χ0) is 23.5. The van der Waals surface area contributed by atoms with E-state index in [1.54, 1.807) is 7.11 Å². The number of hydrogen-bond donors (Lipinski definition) is 2. The third-order valence-electron chi connectivity index (χ3n) is 5.86.